The van der Waals surface area contributed by atoms with Crippen molar-refractivity contribution in [3.63, 3.8) is 0 Å². The molecule has 3 heteroatoms. The highest BCUT2D eigenvalue weighted by molar-refractivity contribution is 5.65. The van der Waals surface area contributed by atoms with E-state index in [0.717, 1.165) is 24.1 Å². The molecule has 0 bridgehead atoms. The highest BCUT2D eigenvalue weighted by Gasteiger charge is 2.17. The van der Waals surface area contributed by atoms with Gasteiger partial charge in [0.1, 0.15) is 5.82 Å². The highest BCUT2D eigenvalue weighted by atomic mass is 19.1. The van der Waals surface area contributed by atoms with E-state index < -0.39 is 0 Å². The third-order valence-corrected chi connectivity index (χ3v) is 3.73. The van der Waals surface area contributed by atoms with Gasteiger partial charge in [0.05, 0.1) is 11.4 Å². The normalized spacial score (nSPS) is 24.6. The van der Waals surface area contributed by atoms with Crippen molar-refractivity contribution < 1.29 is 4.39 Å². The van der Waals surface area contributed by atoms with E-state index >= 15 is 0 Å². The fourth-order valence-electron chi connectivity index (χ4n) is 2.48. The van der Waals surface area contributed by atoms with Gasteiger partial charge in [-0.2, -0.15) is 0 Å². The van der Waals surface area contributed by atoms with E-state index in [1.54, 1.807) is 6.07 Å². The molecule has 0 amide bonds. The first-order chi connectivity index (χ1) is 8.15. The molecular formula is C14H21FN2. The Bertz CT molecular complexity index is 370. The Morgan fingerprint density at radius 1 is 1.29 bits per heavy atom. The van der Waals surface area contributed by atoms with Crippen LogP contribution in [0.3, 0.4) is 0 Å². The Kier molecular flexibility index (Phi) is 3.87. The zero-order valence-corrected chi connectivity index (χ0v) is 10.4. The van der Waals surface area contributed by atoms with Crippen LogP contribution >= 0.6 is 0 Å². The quantitative estimate of drug-likeness (QED) is 0.786. The summed E-state index contributed by atoms with van der Waals surface area (Å²) in [4.78, 5) is 0. The molecule has 1 aliphatic rings. The monoisotopic (exact) mass is 236 g/mol. The lowest BCUT2D eigenvalue weighted by molar-refractivity contribution is 0.300. The molecule has 1 aliphatic carbocycles. The SMILES string of the molecule is CC1CCC(CNc2ccc(F)cc2N)CC1. The van der Waals surface area contributed by atoms with Gasteiger partial charge < -0.3 is 11.1 Å². The second kappa shape index (κ2) is 5.39. The molecule has 17 heavy (non-hydrogen) atoms. The summed E-state index contributed by atoms with van der Waals surface area (Å²) < 4.78 is 12.9. The minimum atomic E-state index is -0.278. The van der Waals surface area contributed by atoms with Crippen LogP contribution in [-0.2, 0) is 0 Å². The van der Waals surface area contributed by atoms with E-state index in [4.69, 9.17) is 5.73 Å². The van der Waals surface area contributed by atoms with Gasteiger partial charge in [-0.15, -0.1) is 0 Å². The molecule has 0 aliphatic heterocycles. The zero-order valence-electron chi connectivity index (χ0n) is 10.4. The van der Waals surface area contributed by atoms with Crippen molar-refractivity contribution in [2.45, 2.75) is 32.6 Å². The number of hydrogen-bond donors (Lipinski definition) is 2. The zero-order chi connectivity index (χ0) is 12.3. The molecule has 0 aromatic heterocycles. The lowest BCUT2D eigenvalue weighted by Crippen LogP contribution is -2.20. The average molecular weight is 236 g/mol. The van der Waals surface area contributed by atoms with Crippen LogP contribution < -0.4 is 11.1 Å². The first-order valence-electron chi connectivity index (χ1n) is 6.44. The maximum atomic E-state index is 12.9. The van der Waals surface area contributed by atoms with Crippen LogP contribution in [0.15, 0.2) is 18.2 Å². The summed E-state index contributed by atoms with van der Waals surface area (Å²) in [6, 6.07) is 4.53. The molecule has 0 unspecified atom stereocenters. The highest BCUT2D eigenvalue weighted by Crippen LogP contribution is 2.29. The predicted octanol–water partition coefficient (Wildman–Crippen LogP) is 3.65. The molecule has 0 spiro atoms. The van der Waals surface area contributed by atoms with Gasteiger partial charge in [-0.05, 0) is 42.9 Å². The summed E-state index contributed by atoms with van der Waals surface area (Å²) in [5, 5.41) is 3.33. The van der Waals surface area contributed by atoms with Crippen LogP contribution in [0.2, 0.25) is 0 Å². The van der Waals surface area contributed by atoms with Crippen LogP contribution in [0.4, 0.5) is 15.8 Å². The molecule has 1 aromatic rings. The van der Waals surface area contributed by atoms with Crippen molar-refractivity contribution in [2.75, 3.05) is 17.6 Å². The number of halogens is 1. The molecule has 3 N–H and O–H groups in total. The molecule has 2 nitrogen and oxygen atoms in total. The molecule has 0 saturated heterocycles. The number of hydrogen-bond acceptors (Lipinski definition) is 2. The van der Waals surface area contributed by atoms with Gasteiger partial charge in [0.2, 0.25) is 0 Å². The Balaban J connectivity index is 1.85. The van der Waals surface area contributed by atoms with Crippen LogP contribution in [0, 0.1) is 17.7 Å². The van der Waals surface area contributed by atoms with Crippen molar-refractivity contribution in [1.82, 2.24) is 0 Å². The third-order valence-electron chi connectivity index (χ3n) is 3.73. The molecule has 94 valence electrons. The number of rotatable bonds is 3. The van der Waals surface area contributed by atoms with Gasteiger partial charge >= 0.3 is 0 Å². The van der Waals surface area contributed by atoms with Gasteiger partial charge in [0.15, 0.2) is 0 Å². The molecule has 0 radical (unpaired) electrons. The van der Waals surface area contributed by atoms with Gasteiger partial charge in [-0.3, -0.25) is 0 Å². The van der Waals surface area contributed by atoms with E-state index in [2.05, 4.69) is 12.2 Å². The lowest BCUT2D eigenvalue weighted by atomic mass is 9.83. The summed E-state index contributed by atoms with van der Waals surface area (Å²) in [5.74, 6) is 1.33. The van der Waals surface area contributed by atoms with Crippen molar-refractivity contribution in [2.24, 2.45) is 11.8 Å². The summed E-state index contributed by atoms with van der Waals surface area (Å²) in [5.41, 5.74) is 7.10. The van der Waals surface area contributed by atoms with Crippen molar-refractivity contribution >= 4 is 11.4 Å². The third kappa shape index (κ3) is 3.35. The Hall–Kier alpha value is -1.25. The standard InChI is InChI=1S/C14H21FN2/c1-10-2-4-11(5-3-10)9-17-14-7-6-12(15)8-13(14)16/h6-8,10-11,17H,2-5,9,16H2,1H3. The number of benzene rings is 1. The first kappa shape index (κ1) is 12.2. The molecule has 1 aromatic carbocycles. The van der Waals surface area contributed by atoms with Crippen molar-refractivity contribution in [3.8, 4) is 0 Å². The maximum absolute atomic E-state index is 12.9. The molecule has 2 rings (SSSR count). The summed E-state index contributed by atoms with van der Waals surface area (Å²) in [6.07, 6.45) is 5.22. The Morgan fingerprint density at radius 3 is 2.65 bits per heavy atom. The molecular weight excluding hydrogens is 215 g/mol. The molecule has 1 saturated carbocycles. The first-order valence-corrected chi connectivity index (χ1v) is 6.44. The largest absolute Gasteiger partial charge is 0.397 e. The molecule has 0 atom stereocenters. The van der Waals surface area contributed by atoms with Crippen LogP contribution in [0.5, 0.6) is 0 Å². The Morgan fingerprint density at radius 2 is 2.00 bits per heavy atom. The van der Waals surface area contributed by atoms with Crippen molar-refractivity contribution in [3.05, 3.63) is 24.0 Å². The summed E-state index contributed by atoms with van der Waals surface area (Å²) in [6.45, 7) is 3.27. The van der Waals surface area contributed by atoms with E-state index in [0.29, 0.717) is 5.69 Å². The van der Waals surface area contributed by atoms with E-state index in [1.807, 2.05) is 0 Å². The van der Waals surface area contributed by atoms with E-state index in [-0.39, 0.29) is 5.82 Å². The summed E-state index contributed by atoms with van der Waals surface area (Å²) >= 11 is 0. The lowest BCUT2D eigenvalue weighted by Gasteiger charge is -2.26. The van der Waals surface area contributed by atoms with Crippen LogP contribution in [0.1, 0.15) is 32.6 Å². The Labute approximate surface area is 102 Å². The number of anilines is 2. The average Bonchev–Trinajstić information content (AvgIpc) is 2.30. The second-order valence-corrected chi connectivity index (χ2v) is 5.24. The topological polar surface area (TPSA) is 38.0 Å². The van der Waals surface area contributed by atoms with Gasteiger partial charge in [0.25, 0.3) is 0 Å². The van der Waals surface area contributed by atoms with E-state index in [1.165, 1.54) is 37.8 Å². The summed E-state index contributed by atoms with van der Waals surface area (Å²) in [7, 11) is 0. The van der Waals surface area contributed by atoms with Gasteiger partial charge in [-0.1, -0.05) is 19.8 Å². The number of nitrogens with two attached hydrogens (primary N) is 1. The number of nitrogen functional groups attached to an aromatic ring is 1. The molecule has 0 heterocycles. The predicted molar refractivity (Wildman–Crippen MR) is 70.4 cm³/mol. The van der Waals surface area contributed by atoms with Crippen LogP contribution in [0.25, 0.3) is 0 Å². The van der Waals surface area contributed by atoms with E-state index in [9.17, 15) is 4.39 Å². The minimum absolute atomic E-state index is 0.278. The second-order valence-electron chi connectivity index (χ2n) is 5.24. The van der Waals surface area contributed by atoms with Gasteiger partial charge in [-0.25, -0.2) is 4.39 Å². The number of nitrogens with one attached hydrogen (secondary N) is 1. The van der Waals surface area contributed by atoms with Crippen LogP contribution in [-0.4, -0.2) is 6.54 Å². The molecule has 1 fully saturated rings. The fraction of sp³-hybridized carbons (Fsp3) is 0.571. The minimum Gasteiger partial charge on any atom is -0.397 e. The smallest absolute Gasteiger partial charge is 0.125 e. The maximum Gasteiger partial charge on any atom is 0.125 e. The fourth-order valence-corrected chi connectivity index (χ4v) is 2.48. The van der Waals surface area contributed by atoms with Gasteiger partial charge in [0, 0.05) is 6.54 Å². The van der Waals surface area contributed by atoms with Crippen molar-refractivity contribution in [1.29, 1.82) is 0 Å².